The molecule has 4 rings (SSSR count). The van der Waals surface area contributed by atoms with Crippen LogP contribution in [0.4, 0.5) is 0 Å². The highest BCUT2D eigenvalue weighted by molar-refractivity contribution is 6.35. The minimum atomic E-state index is -0.0183. The van der Waals surface area contributed by atoms with Crippen LogP contribution in [0.1, 0.15) is 59.6 Å². The van der Waals surface area contributed by atoms with Gasteiger partial charge in [-0.05, 0) is 48.6 Å². The third-order valence-electron chi connectivity index (χ3n) is 5.52. The summed E-state index contributed by atoms with van der Waals surface area (Å²) in [4.78, 5) is 15.4. The summed E-state index contributed by atoms with van der Waals surface area (Å²) >= 11 is 12.6. The van der Waals surface area contributed by atoms with E-state index < -0.39 is 0 Å². The van der Waals surface area contributed by atoms with Crippen LogP contribution in [-0.4, -0.2) is 16.8 Å². The van der Waals surface area contributed by atoms with Crippen LogP contribution < -0.4 is 0 Å². The zero-order valence-corrected chi connectivity index (χ0v) is 15.6. The smallest absolute Gasteiger partial charge is 0.254 e. The Kier molecular flexibility index (Phi) is 4.75. The Morgan fingerprint density at radius 3 is 2.48 bits per heavy atom. The molecule has 1 heterocycles. The summed E-state index contributed by atoms with van der Waals surface area (Å²) in [7, 11) is 0. The summed E-state index contributed by atoms with van der Waals surface area (Å²) in [5.74, 6) is 0.143. The molecule has 0 spiro atoms. The van der Waals surface area contributed by atoms with E-state index in [1.807, 2.05) is 30.3 Å². The highest BCUT2D eigenvalue weighted by Gasteiger charge is 2.38. The monoisotopic (exact) mass is 373 g/mol. The van der Waals surface area contributed by atoms with Gasteiger partial charge in [-0.1, -0.05) is 66.7 Å². The average Bonchev–Trinajstić information content (AvgIpc) is 2.62. The maximum Gasteiger partial charge on any atom is 0.254 e. The third kappa shape index (κ3) is 3.18. The van der Waals surface area contributed by atoms with E-state index in [9.17, 15) is 4.79 Å². The number of rotatable bonds is 2. The van der Waals surface area contributed by atoms with E-state index in [1.54, 1.807) is 6.07 Å². The van der Waals surface area contributed by atoms with Gasteiger partial charge in [-0.3, -0.25) is 4.79 Å². The molecule has 0 aromatic heterocycles. The molecule has 0 saturated heterocycles. The van der Waals surface area contributed by atoms with E-state index in [2.05, 4.69) is 11.0 Å². The molecule has 1 aliphatic carbocycles. The molecular formula is C21H21Cl2NO. The first-order valence-electron chi connectivity index (χ1n) is 9.00. The second-order valence-corrected chi connectivity index (χ2v) is 7.89. The van der Waals surface area contributed by atoms with Crippen molar-refractivity contribution in [2.24, 2.45) is 0 Å². The molecule has 1 aliphatic heterocycles. The summed E-state index contributed by atoms with van der Waals surface area (Å²) in [5, 5.41) is 1.27. The zero-order valence-electron chi connectivity index (χ0n) is 14.1. The molecule has 2 aromatic carbocycles. The van der Waals surface area contributed by atoms with Gasteiger partial charge >= 0.3 is 0 Å². The molecule has 0 radical (unpaired) electrons. The quantitative estimate of drug-likeness (QED) is 0.625. The molecule has 1 unspecified atom stereocenters. The van der Waals surface area contributed by atoms with Gasteiger partial charge in [0.2, 0.25) is 0 Å². The van der Waals surface area contributed by atoms with Gasteiger partial charge in [0, 0.05) is 21.7 Å². The Labute approximate surface area is 158 Å². The molecule has 1 fully saturated rings. The molecule has 130 valence electrons. The van der Waals surface area contributed by atoms with Crippen LogP contribution in [0.15, 0.2) is 42.5 Å². The van der Waals surface area contributed by atoms with Crippen LogP contribution in [0.25, 0.3) is 0 Å². The Balaban J connectivity index is 1.79. The molecule has 1 amide bonds. The Bertz CT molecular complexity index is 798. The van der Waals surface area contributed by atoms with Gasteiger partial charge in [0.25, 0.3) is 5.91 Å². The number of halogens is 2. The lowest BCUT2D eigenvalue weighted by atomic mass is 9.85. The first kappa shape index (κ1) is 16.9. The molecule has 0 bridgehead atoms. The van der Waals surface area contributed by atoms with Gasteiger partial charge in [-0.2, -0.15) is 0 Å². The zero-order chi connectivity index (χ0) is 17.4. The van der Waals surface area contributed by atoms with Crippen LogP contribution in [-0.2, 0) is 6.42 Å². The van der Waals surface area contributed by atoms with Crippen LogP contribution in [0, 0.1) is 0 Å². The lowest BCUT2D eigenvalue weighted by Crippen LogP contribution is -2.47. The molecule has 0 N–H and O–H groups in total. The van der Waals surface area contributed by atoms with Crippen molar-refractivity contribution in [2.75, 3.05) is 0 Å². The number of hydrogen-bond donors (Lipinski definition) is 0. The molecule has 4 heteroatoms. The van der Waals surface area contributed by atoms with E-state index in [1.165, 1.54) is 19.3 Å². The fraction of sp³-hybridized carbons (Fsp3) is 0.381. The van der Waals surface area contributed by atoms with Crippen molar-refractivity contribution >= 4 is 29.1 Å². The average molecular weight is 374 g/mol. The maximum atomic E-state index is 13.3. The van der Waals surface area contributed by atoms with Gasteiger partial charge in [0.05, 0.1) is 6.04 Å². The predicted molar refractivity (Wildman–Crippen MR) is 102 cm³/mol. The molecule has 1 saturated carbocycles. The van der Waals surface area contributed by atoms with Crippen molar-refractivity contribution in [2.45, 2.75) is 50.6 Å². The van der Waals surface area contributed by atoms with Crippen molar-refractivity contribution < 1.29 is 4.79 Å². The standard InChI is InChI=1S/C21H21Cl2NO/c22-15-10-11-18(19(23)13-15)20-12-14-6-4-5-9-17(14)21(25)24(20)16-7-2-1-3-8-16/h4-6,9-11,13,16,20H,1-3,7-8,12H2. The predicted octanol–water partition coefficient (Wildman–Crippen LogP) is 6.07. The van der Waals surface area contributed by atoms with Crippen molar-refractivity contribution in [3.63, 3.8) is 0 Å². The molecule has 1 atom stereocenters. The first-order valence-corrected chi connectivity index (χ1v) is 9.76. The second-order valence-electron chi connectivity index (χ2n) is 7.05. The summed E-state index contributed by atoms with van der Waals surface area (Å²) in [6.45, 7) is 0. The van der Waals surface area contributed by atoms with E-state index in [4.69, 9.17) is 23.2 Å². The SMILES string of the molecule is O=C1c2ccccc2CC(c2ccc(Cl)cc2Cl)N1C1CCCCC1. The van der Waals surface area contributed by atoms with Gasteiger partial charge in [0.1, 0.15) is 0 Å². The third-order valence-corrected chi connectivity index (χ3v) is 6.08. The van der Waals surface area contributed by atoms with Crippen LogP contribution in [0.5, 0.6) is 0 Å². The largest absolute Gasteiger partial charge is 0.328 e. The van der Waals surface area contributed by atoms with Crippen LogP contribution in [0.2, 0.25) is 10.0 Å². The fourth-order valence-corrected chi connectivity index (χ4v) is 4.84. The minimum absolute atomic E-state index is 0.0183. The molecular weight excluding hydrogens is 353 g/mol. The lowest BCUT2D eigenvalue weighted by molar-refractivity contribution is 0.0473. The summed E-state index contributed by atoms with van der Waals surface area (Å²) < 4.78 is 0. The van der Waals surface area contributed by atoms with Crippen LogP contribution in [0.3, 0.4) is 0 Å². The van der Waals surface area contributed by atoms with Gasteiger partial charge in [-0.15, -0.1) is 0 Å². The number of fused-ring (bicyclic) bond motifs is 1. The van der Waals surface area contributed by atoms with E-state index >= 15 is 0 Å². The fourth-order valence-electron chi connectivity index (χ4n) is 4.31. The molecule has 2 aromatic rings. The van der Waals surface area contributed by atoms with Gasteiger partial charge in [-0.25, -0.2) is 0 Å². The number of benzene rings is 2. The topological polar surface area (TPSA) is 20.3 Å². The Morgan fingerprint density at radius 2 is 1.72 bits per heavy atom. The van der Waals surface area contributed by atoms with Crippen LogP contribution >= 0.6 is 23.2 Å². The summed E-state index contributed by atoms with van der Waals surface area (Å²) in [6, 6.07) is 13.9. The highest BCUT2D eigenvalue weighted by atomic mass is 35.5. The lowest BCUT2D eigenvalue weighted by Gasteiger charge is -2.43. The number of carbonyl (C=O) groups is 1. The normalized spacial score (nSPS) is 21.3. The van der Waals surface area contributed by atoms with Crippen molar-refractivity contribution in [3.05, 3.63) is 69.2 Å². The van der Waals surface area contributed by atoms with Gasteiger partial charge < -0.3 is 4.90 Å². The number of nitrogens with zero attached hydrogens (tertiary/aromatic N) is 1. The van der Waals surface area contributed by atoms with E-state index in [-0.39, 0.29) is 11.9 Å². The number of hydrogen-bond acceptors (Lipinski definition) is 1. The molecule has 2 aliphatic rings. The summed E-state index contributed by atoms with van der Waals surface area (Å²) in [6.07, 6.45) is 6.61. The van der Waals surface area contributed by atoms with E-state index in [0.717, 1.165) is 36.0 Å². The second kappa shape index (κ2) is 7.01. The van der Waals surface area contributed by atoms with Crippen molar-refractivity contribution in [1.29, 1.82) is 0 Å². The Hall–Kier alpha value is -1.51. The number of amides is 1. The summed E-state index contributed by atoms with van der Waals surface area (Å²) in [5.41, 5.74) is 2.95. The van der Waals surface area contributed by atoms with Crippen molar-refractivity contribution in [3.8, 4) is 0 Å². The minimum Gasteiger partial charge on any atom is -0.328 e. The Morgan fingerprint density at radius 1 is 0.960 bits per heavy atom. The maximum absolute atomic E-state index is 13.3. The first-order chi connectivity index (χ1) is 12.1. The van der Waals surface area contributed by atoms with Crippen molar-refractivity contribution in [1.82, 2.24) is 4.90 Å². The van der Waals surface area contributed by atoms with Gasteiger partial charge in [0.15, 0.2) is 0 Å². The molecule has 25 heavy (non-hydrogen) atoms. The molecule has 2 nitrogen and oxygen atoms in total. The highest BCUT2D eigenvalue weighted by Crippen LogP contribution is 2.40. The van der Waals surface area contributed by atoms with E-state index in [0.29, 0.717) is 16.1 Å². The number of carbonyl (C=O) groups excluding carboxylic acids is 1.